The minimum atomic E-state index is -4.03. The number of nitrogens with zero attached hydrogens (tertiary/aromatic N) is 1. The number of rotatable bonds is 10. The Morgan fingerprint density at radius 1 is 0.909 bits per heavy atom. The van der Waals surface area contributed by atoms with Gasteiger partial charge in [-0.2, -0.15) is 11.8 Å². The van der Waals surface area contributed by atoms with E-state index < -0.39 is 22.5 Å². The molecule has 1 N–H and O–H groups in total. The fraction of sp³-hybridized carbons (Fsp3) is 0.174. The normalized spacial score (nSPS) is 11.2. The molecule has 33 heavy (non-hydrogen) atoms. The van der Waals surface area contributed by atoms with Gasteiger partial charge in [-0.05, 0) is 48.0 Å². The van der Waals surface area contributed by atoms with Crippen molar-refractivity contribution in [3.63, 3.8) is 0 Å². The molecular formula is C23H21Cl3N2O3S2. The maximum absolute atomic E-state index is 13.3. The first-order valence-corrected chi connectivity index (χ1v) is 13.6. The van der Waals surface area contributed by atoms with Gasteiger partial charge < -0.3 is 5.32 Å². The number of amides is 1. The van der Waals surface area contributed by atoms with Crippen LogP contribution in [0.25, 0.3) is 0 Å². The van der Waals surface area contributed by atoms with Gasteiger partial charge in [-0.15, -0.1) is 0 Å². The minimum Gasteiger partial charge on any atom is -0.354 e. The Morgan fingerprint density at radius 2 is 1.58 bits per heavy atom. The highest BCUT2D eigenvalue weighted by atomic mass is 35.5. The van der Waals surface area contributed by atoms with Gasteiger partial charge >= 0.3 is 0 Å². The van der Waals surface area contributed by atoms with E-state index in [0.717, 1.165) is 15.6 Å². The second-order valence-electron chi connectivity index (χ2n) is 6.95. The molecule has 10 heteroatoms. The molecule has 5 nitrogen and oxygen atoms in total. The van der Waals surface area contributed by atoms with Crippen LogP contribution in [0.4, 0.5) is 5.69 Å². The summed E-state index contributed by atoms with van der Waals surface area (Å²) in [5.41, 5.74) is 1.31. The third kappa shape index (κ3) is 7.29. The number of benzene rings is 3. The van der Waals surface area contributed by atoms with Crippen molar-refractivity contribution in [1.29, 1.82) is 0 Å². The zero-order chi connectivity index (χ0) is 23.8. The third-order valence-corrected chi connectivity index (χ3v) is 8.14. The Morgan fingerprint density at radius 3 is 2.24 bits per heavy atom. The SMILES string of the molecule is O=C(CN(c1ccc(Cl)cc1Cl)S(=O)(=O)c1ccccc1)NCCSCc1ccc(Cl)cc1. The Bertz CT molecular complexity index is 1190. The third-order valence-electron chi connectivity index (χ3n) is 4.55. The zero-order valence-corrected chi connectivity index (χ0v) is 21.3. The molecule has 0 unspecified atom stereocenters. The second-order valence-corrected chi connectivity index (χ2v) is 11.2. The summed E-state index contributed by atoms with van der Waals surface area (Å²) in [5, 5.41) is 3.96. The molecule has 0 saturated heterocycles. The van der Waals surface area contributed by atoms with Crippen LogP contribution in [0.1, 0.15) is 5.56 Å². The van der Waals surface area contributed by atoms with Crippen molar-refractivity contribution in [2.75, 3.05) is 23.1 Å². The van der Waals surface area contributed by atoms with E-state index in [1.807, 2.05) is 24.3 Å². The number of nitrogens with one attached hydrogen (secondary N) is 1. The van der Waals surface area contributed by atoms with Crippen molar-refractivity contribution < 1.29 is 13.2 Å². The van der Waals surface area contributed by atoms with Gasteiger partial charge in [0.2, 0.25) is 5.91 Å². The van der Waals surface area contributed by atoms with Crippen LogP contribution in [0.15, 0.2) is 77.7 Å². The van der Waals surface area contributed by atoms with Gasteiger partial charge in [0.05, 0.1) is 15.6 Å². The number of carbonyl (C=O) groups is 1. The highest BCUT2D eigenvalue weighted by Gasteiger charge is 2.28. The fourth-order valence-electron chi connectivity index (χ4n) is 2.92. The average molecular weight is 544 g/mol. The molecule has 0 aliphatic carbocycles. The maximum atomic E-state index is 13.3. The monoisotopic (exact) mass is 542 g/mol. The van der Waals surface area contributed by atoms with Crippen molar-refractivity contribution >= 4 is 68.2 Å². The summed E-state index contributed by atoms with van der Waals surface area (Å²) in [6.07, 6.45) is 0. The van der Waals surface area contributed by atoms with Crippen LogP contribution in [-0.4, -0.2) is 33.2 Å². The topological polar surface area (TPSA) is 66.5 Å². The molecule has 0 bridgehead atoms. The van der Waals surface area contributed by atoms with Gasteiger partial charge in [-0.25, -0.2) is 8.42 Å². The zero-order valence-electron chi connectivity index (χ0n) is 17.4. The Labute approximate surface area is 213 Å². The summed E-state index contributed by atoms with van der Waals surface area (Å²) in [7, 11) is -4.03. The molecule has 1 amide bonds. The standard InChI is InChI=1S/C23H21Cl3N2O3S2/c24-18-8-6-17(7-9-18)16-32-13-12-27-23(29)15-28(22-11-10-19(25)14-21(22)26)33(30,31)20-4-2-1-3-5-20/h1-11,14H,12-13,15-16H2,(H,27,29). The number of hydrogen-bond donors (Lipinski definition) is 1. The highest BCUT2D eigenvalue weighted by molar-refractivity contribution is 7.98. The largest absolute Gasteiger partial charge is 0.354 e. The van der Waals surface area contributed by atoms with Crippen LogP contribution in [0.2, 0.25) is 15.1 Å². The molecule has 0 aromatic heterocycles. The Balaban J connectivity index is 1.65. The molecule has 0 aliphatic heterocycles. The van der Waals surface area contributed by atoms with E-state index >= 15 is 0 Å². The Kier molecular flexibility index (Phi) is 9.35. The average Bonchev–Trinajstić information content (AvgIpc) is 2.79. The van der Waals surface area contributed by atoms with E-state index in [1.54, 1.807) is 30.0 Å². The van der Waals surface area contributed by atoms with Gasteiger partial charge in [-0.1, -0.05) is 65.1 Å². The van der Waals surface area contributed by atoms with Crippen molar-refractivity contribution in [2.24, 2.45) is 0 Å². The lowest BCUT2D eigenvalue weighted by Gasteiger charge is -2.25. The summed E-state index contributed by atoms with van der Waals surface area (Å²) < 4.78 is 27.6. The number of sulfonamides is 1. The molecule has 0 radical (unpaired) electrons. The smallest absolute Gasteiger partial charge is 0.264 e. The molecule has 0 fully saturated rings. The van der Waals surface area contributed by atoms with Crippen LogP contribution in [0.5, 0.6) is 0 Å². The van der Waals surface area contributed by atoms with Crippen LogP contribution in [-0.2, 0) is 20.6 Å². The highest BCUT2D eigenvalue weighted by Crippen LogP contribution is 2.32. The first kappa shape index (κ1) is 25.7. The molecule has 3 rings (SSSR count). The van der Waals surface area contributed by atoms with Crippen molar-refractivity contribution in [3.05, 3.63) is 93.4 Å². The second kappa shape index (κ2) is 12.0. The van der Waals surface area contributed by atoms with E-state index in [4.69, 9.17) is 34.8 Å². The molecule has 0 aliphatic rings. The summed E-state index contributed by atoms with van der Waals surface area (Å²) in [6.45, 7) is -0.0227. The van der Waals surface area contributed by atoms with E-state index in [-0.39, 0.29) is 15.6 Å². The molecule has 3 aromatic carbocycles. The maximum Gasteiger partial charge on any atom is 0.264 e. The summed E-state index contributed by atoms with van der Waals surface area (Å²) in [5.74, 6) is 1.01. The number of hydrogen-bond acceptors (Lipinski definition) is 4. The summed E-state index contributed by atoms with van der Waals surface area (Å²) >= 11 is 19.8. The quantitative estimate of drug-likeness (QED) is 0.324. The van der Waals surface area contributed by atoms with Crippen molar-refractivity contribution in [3.8, 4) is 0 Å². The van der Waals surface area contributed by atoms with Crippen LogP contribution < -0.4 is 9.62 Å². The van der Waals surface area contributed by atoms with Gasteiger partial charge in [-0.3, -0.25) is 9.10 Å². The number of thioether (sulfide) groups is 1. The van der Waals surface area contributed by atoms with E-state index in [0.29, 0.717) is 22.3 Å². The molecular weight excluding hydrogens is 523 g/mol. The van der Waals surface area contributed by atoms with Crippen molar-refractivity contribution in [1.82, 2.24) is 5.32 Å². The predicted octanol–water partition coefficient (Wildman–Crippen LogP) is 5.89. The number of anilines is 1. The first-order valence-electron chi connectivity index (χ1n) is 9.89. The summed E-state index contributed by atoms with van der Waals surface area (Å²) in [4.78, 5) is 12.7. The van der Waals surface area contributed by atoms with Gasteiger partial charge in [0.25, 0.3) is 10.0 Å². The van der Waals surface area contributed by atoms with Crippen molar-refractivity contribution in [2.45, 2.75) is 10.6 Å². The molecule has 0 spiro atoms. The van der Waals surface area contributed by atoms with Crippen LogP contribution in [0, 0.1) is 0 Å². The molecule has 3 aromatic rings. The van der Waals surface area contributed by atoms with Gasteiger partial charge in [0.1, 0.15) is 6.54 Å². The molecule has 0 atom stereocenters. The molecule has 0 saturated carbocycles. The van der Waals surface area contributed by atoms with E-state index in [2.05, 4.69) is 5.32 Å². The summed E-state index contributed by atoms with van der Waals surface area (Å²) in [6, 6.07) is 19.9. The predicted molar refractivity (Wildman–Crippen MR) is 138 cm³/mol. The molecule has 174 valence electrons. The fourth-order valence-corrected chi connectivity index (χ4v) is 5.89. The lowest BCUT2D eigenvalue weighted by atomic mass is 10.2. The number of halogens is 3. The first-order chi connectivity index (χ1) is 15.8. The van der Waals surface area contributed by atoms with Gasteiger partial charge in [0.15, 0.2) is 0 Å². The lowest BCUT2D eigenvalue weighted by molar-refractivity contribution is -0.119. The number of carbonyl (C=O) groups excluding carboxylic acids is 1. The molecule has 0 heterocycles. The lowest BCUT2D eigenvalue weighted by Crippen LogP contribution is -2.41. The van der Waals surface area contributed by atoms with Crippen LogP contribution >= 0.6 is 46.6 Å². The van der Waals surface area contributed by atoms with E-state index in [9.17, 15) is 13.2 Å². The minimum absolute atomic E-state index is 0.0577. The Hall–Kier alpha value is -1.90. The van der Waals surface area contributed by atoms with E-state index in [1.165, 1.54) is 30.3 Å². The van der Waals surface area contributed by atoms with Crippen LogP contribution in [0.3, 0.4) is 0 Å². The van der Waals surface area contributed by atoms with Gasteiger partial charge in [0, 0.05) is 28.1 Å².